The van der Waals surface area contributed by atoms with Gasteiger partial charge in [-0.1, -0.05) is 0 Å². The molecule has 4 nitrogen and oxygen atoms in total. The summed E-state index contributed by atoms with van der Waals surface area (Å²) in [5.41, 5.74) is 7.88. The van der Waals surface area contributed by atoms with Crippen LogP contribution in [0.4, 0.5) is 0 Å². The third-order valence-electron chi connectivity index (χ3n) is 2.52. The minimum Gasteiger partial charge on any atom is -0.379 e. The Hall–Kier alpha value is -0.840. The second kappa shape index (κ2) is 4.59. The average molecular weight is 195 g/mol. The normalized spacial score (nSPS) is 18.6. The van der Waals surface area contributed by atoms with Crippen LogP contribution in [-0.2, 0) is 17.8 Å². The van der Waals surface area contributed by atoms with Crippen LogP contribution in [0.15, 0.2) is 12.1 Å². The van der Waals surface area contributed by atoms with Crippen molar-refractivity contribution in [2.75, 3.05) is 26.3 Å². The molecular formula is C10H17N3O. The zero-order valence-corrected chi connectivity index (χ0v) is 8.33. The van der Waals surface area contributed by atoms with Gasteiger partial charge in [-0.05, 0) is 12.1 Å². The molecule has 1 fully saturated rings. The highest BCUT2D eigenvalue weighted by atomic mass is 16.5. The summed E-state index contributed by atoms with van der Waals surface area (Å²) in [6.45, 7) is 5.31. The molecule has 1 aliphatic heterocycles. The first kappa shape index (κ1) is 9.71. The van der Waals surface area contributed by atoms with Crippen molar-refractivity contribution in [3.63, 3.8) is 0 Å². The lowest BCUT2D eigenvalue weighted by molar-refractivity contribution is 0.0337. The van der Waals surface area contributed by atoms with E-state index in [1.54, 1.807) is 0 Å². The molecule has 14 heavy (non-hydrogen) atoms. The zero-order chi connectivity index (χ0) is 9.80. The van der Waals surface area contributed by atoms with E-state index in [4.69, 9.17) is 10.5 Å². The number of nitrogens with zero attached hydrogens (tertiary/aromatic N) is 1. The van der Waals surface area contributed by atoms with E-state index in [-0.39, 0.29) is 0 Å². The van der Waals surface area contributed by atoms with Gasteiger partial charge in [0.05, 0.1) is 13.2 Å². The molecule has 0 bridgehead atoms. The van der Waals surface area contributed by atoms with Gasteiger partial charge >= 0.3 is 0 Å². The van der Waals surface area contributed by atoms with Gasteiger partial charge in [-0.3, -0.25) is 4.90 Å². The van der Waals surface area contributed by atoms with Crippen LogP contribution in [0, 0.1) is 0 Å². The van der Waals surface area contributed by atoms with Crippen molar-refractivity contribution in [1.82, 2.24) is 9.88 Å². The summed E-state index contributed by atoms with van der Waals surface area (Å²) in [6.07, 6.45) is 0. The first-order valence-corrected chi connectivity index (χ1v) is 5.05. The third kappa shape index (κ3) is 2.35. The molecule has 0 radical (unpaired) electrons. The Morgan fingerprint density at radius 2 is 2.00 bits per heavy atom. The Kier molecular flexibility index (Phi) is 3.18. The summed E-state index contributed by atoms with van der Waals surface area (Å²) in [4.78, 5) is 5.69. The second-order valence-electron chi connectivity index (χ2n) is 3.60. The molecule has 0 saturated carbocycles. The lowest BCUT2D eigenvalue weighted by Crippen LogP contribution is -2.35. The SMILES string of the molecule is NCc1ccc(CN2CCOCC2)[nH]1. The van der Waals surface area contributed by atoms with Crippen molar-refractivity contribution in [2.45, 2.75) is 13.1 Å². The summed E-state index contributed by atoms with van der Waals surface area (Å²) < 4.78 is 5.29. The van der Waals surface area contributed by atoms with Crippen molar-refractivity contribution >= 4 is 0 Å². The molecule has 1 saturated heterocycles. The molecule has 1 aromatic rings. The van der Waals surface area contributed by atoms with Gasteiger partial charge in [0.25, 0.3) is 0 Å². The van der Waals surface area contributed by atoms with Crippen LogP contribution in [0.2, 0.25) is 0 Å². The number of morpholine rings is 1. The molecule has 0 amide bonds. The lowest BCUT2D eigenvalue weighted by atomic mass is 10.3. The molecule has 2 rings (SSSR count). The van der Waals surface area contributed by atoms with Crippen LogP contribution in [0.25, 0.3) is 0 Å². The fourth-order valence-electron chi connectivity index (χ4n) is 1.70. The van der Waals surface area contributed by atoms with Gasteiger partial charge in [-0.2, -0.15) is 0 Å². The molecule has 0 aromatic carbocycles. The fraction of sp³-hybridized carbons (Fsp3) is 0.600. The predicted octanol–water partition coefficient (Wildman–Crippen LogP) is 0.306. The third-order valence-corrected chi connectivity index (χ3v) is 2.52. The van der Waals surface area contributed by atoms with Crippen LogP contribution in [0.5, 0.6) is 0 Å². The number of rotatable bonds is 3. The molecular weight excluding hydrogens is 178 g/mol. The van der Waals surface area contributed by atoms with Crippen molar-refractivity contribution in [3.05, 3.63) is 23.5 Å². The Labute approximate surface area is 84.0 Å². The highest BCUT2D eigenvalue weighted by molar-refractivity contribution is 5.12. The molecule has 4 heteroatoms. The second-order valence-corrected chi connectivity index (χ2v) is 3.60. The van der Waals surface area contributed by atoms with Gasteiger partial charge < -0.3 is 15.5 Å². The van der Waals surface area contributed by atoms with E-state index in [1.165, 1.54) is 5.69 Å². The highest BCUT2D eigenvalue weighted by Gasteiger charge is 2.10. The van der Waals surface area contributed by atoms with Crippen LogP contribution < -0.4 is 5.73 Å². The topological polar surface area (TPSA) is 54.3 Å². The zero-order valence-electron chi connectivity index (χ0n) is 8.33. The summed E-state index contributed by atoms with van der Waals surface area (Å²) in [5.74, 6) is 0. The number of aromatic amines is 1. The number of hydrogen-bond acceptors (Lipinski definition) is 3. The predicted molar refractivity (Wildman–Crippen MR) is 54.8 cm³/mol. The largest absolute Gasteiger partial charge is 0.379 e. The monoisotopic (exact) mass is 195 g/mol. The Bertz CT molecular complexity index is 279. The minimum absolute atomic E-state index is 0.586. The highest BCUT2D eigenvalue weighted by Crippen LogP contribution is 2.06. The molecule has 3 N–H and O–H groups in total. The average Bonchev–Trinajstić information content (AvgIpc) is 2.67. The van der Waals surface area contributed by atoms with Gasteiger partial charge in [0.1, 0.15) is 0 Å². The number of hydrogen-bond donors (Lipinski definition) is 2. The van der Waals surface area contributed by atoms with E-state index in [2.05, 4.69) is 22.0 Å². The van der Waals surface area contributed by atoms with E-state index in [0.717, 1.165) is 38.5 Å². The van der Waals surface area contributed by atoms with E-state index in [9.17, 15) is 0 Å². The Morgan fingerprint density at radius 3 is 2.64 bits per heavy atom. The minimum atomic E-state index is 0.586. The fourth-order valence-corrected chi connectivity index (χ4v) is 1.70. The van der Waals surface area contributed by atoms with Gasteiger partial charge in [-0.25, -0.2) is 0 Å². The summed E-state index contributed by atoms with van der Waals surface area (Å²) in [5, 5.41) is 0. The molecule has 1 aliphatic rings. The van der Waals surface area contributed by atoms with E-state index in [1.807, 2.05) is 0 Å². The molecule has 78 valence electrons. The standard InChI is InChI=1S/C10H17N3O/c11-7-9-1-2-10(12-9)8-13-3-5-14-6-4-13/h1-2,12H,3-8,11H2. The van der Waals surface area contributed by atoms with Gasteiger partial charge in [0.2, 0.25) is 0 Å². The first-order valence-electron chi connectivity index (χ1n) is 5.05. The van der Waals surface area contributed by atoms with Crippen molar-refractivity contribution in [3.8, 4) is 0 Å². The number of nitrogens with one attached hydrogen (secondary N) is 1. The van der Waals surface area contributed by atoms with Crippen LogP contribution in [0.1, 0.15) is 11.4 Å². The van der Waals surface area contributed by atoms with Crippen LogP contribution in [0.3, 0.4) is 0 Å². The quantitative estimate of drug-likeness (QED) is 0.729. The number of nitrogens with two attached hydrogens (primary N) is 1. The number of aromatic nitrogens is 1. The van der Waals surface area contributed by atoms with Crippen molar-refractivity contribution < 1.29 is 4.74 Å². The molecule has 0 aliphatic carbocycles. The molecule has 0 unspecified atom stereocenters. The number of ether oxygens (including phenoxy) is 1. The van der Waals surface area contributed by atoms with Crippen molar-refractivity contribution in [1.29, 1.82) is 0 Å². The van der Waals surface area contributed by atoms with Crippen LogP contribution in [-0.4, -0.2) is 36.2 Å². The molecule has 0 atom stereocenters. The lowest BCUT2D eigenvalue weighted by Gasteiger charge is -2.25. The van der Waals surface area contributed by atoms with Crippen molar-refractivity contribution in [2.24, 2.45) is 5.73 Å². The van der Waals surface area contributed by atoms with E-state index in [0.29, 0.717) is 6.54 Å². The maximum absolute atomic E-state index is 5.53. The van der Waals surface area contributed by atoms with E-state index < -0.39 is 0 Å². The Morgan fingerprint density at radius 1 is 1.29 bits per heavy atom. The maximum atomic E-state index is 5.53. The first-order chi connectivity index (χ1) is 6.88. The smallest absolute Gasteiger partial charge is 0.0594 e. The number of H-pyrrole nitrogens is 1. The van der Waals surface area contributed by atoms with Gasteiger partial charge in [0, 0.05) is 37.6 Å². The van der Waals surface area contributed by atoms with Gasteiger partial charge in [0.15, 0.2) is 0 Å². The van der Waals surface area contributed by atoms with Gasteiger partial charge in [-0.15, -0.1) is 0 Å². The summed E-state index contributed by atoms with van der Waals surface area (Å²) >= 11 is 0. The summed E-state index contributed by atoms with van der Waals surface area (Å²) in [6, 6.07) is 4.16. The van der Waals surface area contributed by atoms with E-state index >= 15 is 0 Å². The Balaban J connectivity index is 1.89. The molecule has 1 aromatic heterocycles. The van der Waals surface area contributed by atoms with Crippen LogP contribution >= 0.6 is 0 Å². The summed E-state index contributed by atoms with van der Waals surface area (Å²) in [7, 11) is 0. The maximum Gasteiger partial charge on any atom is 0.0594 e. The molecule has 0 spiro atoms. The molecule has 2 heterocycles.